The number of aromatic amines is 1. The van der Waals surface area contributed by atoms with Gasteiger partial charge in [0.05, 0.1) is 19.1 Å². The normalized spacial score (nSPS) is 12.4. The molecule has 0 fully saturated rings. The Labute approximate surface area is 187 Å². The van der Waals surface area contributed by atoms with Crippen LogP contribution in [0.15, 0.2) is 47.4 Å². The molecule has 4 rings (SSSR count). The Balaban J connectivity index is 1.70. The highest BCUT2D eigenvalue weighted by Gasteiger charge is 2.28. The molecule has 3 N–H and O–H groups in total. The molecular weight excluding hydrogens is 430 g/mol. The zero-order valence-electron chi connectivity index (χ0n) is 17.3. The number of carbonyl (C=O) groups is 2. The number of H-pyrrole nitrogens is 1. The molecule has 0 unspecified atom stereocenters. The molecule has 0 bridgehead atoms. The second-order valence-corrected chi connectivity index (χ2v) is 8.50. The van der Waals surface area contributed by atoms with Crippen molar-refractivity contribution in [2.75, 3.05) is 6.54 Å². The number of nitrogens with one attached hydrogen (secondary N) is 2. The van der Waals surface area contributed by atoms with E-state index in [1.807, 2.05) is 49.5 Å². The van der Waals surface area contributed by atoms with Crippen molar-refractivity contribution in [1.82, 2.24) is 9.88 Å². The number of aromatic nitrogens is 2. The fourth-order valence-corrected chi connectivity index (χ4v) is 4.90. The molecule has 0 spiro atoms. The minimum absolute atomic E-state index is 0.202. The van der Waals surface area contributed by atoms with Crippen molar-refractivity contribution in [1.29, 1.82) is 0 Å². The number of carbonyl (C=O) groups excluding carboxylic acids is 2. The maximum atomic E-state index is 13.1. The number of fused-ring (bicyclic) bond motifs is 1. The largest absolute Gasteiger partial charge is 0.548 e. The first kappa shape index (κ1) is 21.6. The van der Waals surface area contributed by atoms with Gasteiger partial charge < -0.3 is 24.9 Å². The topological polar surface area (TPSA) is 126 Å². The number of pyridine rings is 2. The van der Waals surface area contributed by atoms with Gasteiger partial charge in [0.1, 0.15) is 11.3 Å². The van der Waals surface area contributed by atoms with Crippen LogP contribution in [0.25, 0.3) is 11.3 Å². The number of aryl methyl sites for hydroxylation is 1. The zero-order valence-corrected chi connectivity index (χ0v) is 18.1. The lowest BCUT2D eigenvalue weighted by Crippen LogP contribution is -2.41. The molecule has 0 radical (unpaired) electrons. The third kappa shape index (κ3) is 4.11. The number of hydrogen-bond donors (Lipinski definition) is 2. The predicted molar refractivity (Wildman–Crippen MR) is 117 cm³/mol. The molecule has 1 aliphatic rings. The van der Waals surface area contributed by atoms with Crippen LogP contribution in [0.3, 0.4) is 0 Å². The summed E-state index contributed by atoms with van der Waals surface area (Å²) < 4.78 is 1.47. The summed E-state index contributed by atoms with van der Waals surface area (Å²) in [4.78, 5) is 39.5. The van der Waals surface area contributed by atoms with E-state index in [4.69, 9.17) is 0 Å². The average molecular weight is 452 g/mol. The number of benzene rings is 1. The Morgan fingerprint density at radius 2 is 2.00 bits per heavy atom. The molecule has 0 saturated heterocycles. The van der Waals surface area contributed by atoms with Crippen LogP contribution in [0.1, 0.15) is 32.7 Å². The van der Waals surface area contributed by atoms with Crippen LogP contribution in [0.5, 0.6) is 5.75 Å². The molecule has 1 amide bonds. The summed E-state index contributed by atoms with van der Waals surface area (Å²) in [5, 5.41) is 23.3. The molecule has 9 heteroatoms. The van der Waals surface area contributed by atoms with Crippen molar-refractivity contribution < 1.29 is 24.8 Å². The van der Waals surface area contributed by atoms with E-state index in [0.29, 0.717) is 22.8 Å². The van der Waals surface area contributed by atoms with E-state index in [1.54, 1.807) is 0 Å². The monoisotopic (exact) mass is 451 g/mol. The number of hydrogen-bond acceptors (Lipinski definition) is 6. The number of thioether (sulfide) groups is 1. The van der Waals surface area contributed by atoms with Gasteiger partial charge in [0.15, 0.2) is 6.20 Å². The average Bonchev–Trinajstić information content (AvgIpc) is 3.26. The summed E-state index contributed by atoms with van der Waals surface area (Å²) in [7, 11) is 0. The van der Waals surface area contributed by atoms with Crippen LogP contribution in [0.2, 0.25) is 0 Å². The molecule has 2 aromatic heterocycles. The quantitative estimate of drug-likeness (QED) is 0.566. The Morgan fingerprint density at radius 1 is 1.22 bits per heavy atom. The van der Waals surface area contributed by atoms with Crippen LogP contribution < -0.4 is 21.0 Å². The summed E-state index contributed by atoms with van der Waals surface area (Å²) in [5.74, 6) is -1.82. The number of aromatic hydroxyl groups is 1. The summed E-state index contributed by atoms with van der Waals surface area (Å²) in [5.41, 5.74) is 4.03. The molecule has 164 valence electrons. The number of rotatable bonds is 6. The third-order valence-corrected chi connectivity index (χ3v) is 6.38. The minimum atomic E-state index is -1.49. The first-order valence-electron chi connectivity index (χ1n) is 9.96. The van der Waals surface area contributed by atoms with E-state index in [2.05, 4.69) is 10.3 Å². The molecular formula is C23H21N3O5S. The van der Waals surface area contributed by atoms with Gasteiger partial charge in [-0.15, -0.1) is 0 Å². The van der Waals surface area contributed by atoms with Gasteiger partial charge in [-0.1, -0.05) is 18.2 Å². The van der Waals surface area contributed by atoms with Crippen LogP contribution in [0, 0.1) is 6.92 Å². The lowest BCUT2D eigenvalue weighted by atomic mass is 10.0. The van der Waals surface area contributed by atoms with Gasteiger partial charge in [-0.3, -0.25) is 9.59 Å². The number of carboxylic acid groups (broad SMARTS) is 1. The van der Waals surface area contributed by atoms with E-state index < -0.39 is 29.5 Å². The highest BCUT2D eigenvalue weighted by atomic mass is 32.2. The summed E-state index contributed by atoms with van der Waals surface area (Å²) >= 11 is 1.53. The van der Waals surface area contributed by atoms with Crippen molar-refractivity contribution in [3.05, 3.63) is 80.9 Å². The maximum Gasteiger partial charge on any atom is 0.267 e. The Hall–Kier alpha value is -3.59. The van der Waals surface area contributed by atoms with E-state index in [9.17, 15) is 24.6 Å². The van der Waals surface area contributed by atoms with E-state index in [1.165, 1.54) is 16.3 Å². The Morgan fingerprint density at radius 3 is 2.69 bits per heavy atom. The summed E-state index contributed by atoms with van der Waals surface area (Å²) in [6.07, 6.45) is 1.81. The lowest BCUT2D eigenvalue weighted by Gasteiger charge is -2.16. The zero-order chi connectivity index (χ0) is 22.8. The first-order chi connectivity index (χ1) is 15.4. The van der Waals surface area contributed by atoms with Crippen LogP contribution in [0.4, 0.5) is 0 Å². The SMILES string of the molecule is Cc1ccccc1-c1ccc(Cn2c3c(c(O)c(C(=O)NCC(=O)[O-])c2=O)CSC3)c[nH+]1. The first-order valence-corrected chi connectivity index (χ1v) is 11.1. The van der Waals surface area contributed by atoms with E-state index in [-0.39, 0.29) is 12.3 Å². The van der Waals surface area contributed by atoms with Gasteiger partial charge in [0.25, 0.3) is 11.5 Å². The standard InChI is InChI=1S/C23H21N3O5S/c1-13-4-2-3-5-15(13)17-7-6-14(8-24-17)10-26-18-12-32-11-16(18)21(29)20(23(26)31)22(30)25-9-19(27)28/h2-8,29H,9-12H2,1H3,(H,25,30)(H,27,28). The smallest absolute Gasteiger partial charge is 0.267 e. The summed E-state index contributed by atoms with van der Waals surface area (Å²) in [6.45, 7) is 1.48. The Bertz CT molecular complexity index is 1270. The maximum absolute atomic E-state index is 13.1. The third-order valence-electron chi connectivity index (χ3n) is 5.41. The molecule has 8 nitrogen and oxygen atoms in total. The van der Waals surface area contributed by atoms with Crippen LogP contribution in [-0.4, -0.2) is 28.1 Å². The highest BCUT2D eigenvalue weighted by Crippen LogP contribution is 2.36. The molecule has 3 aromatic rings. The van der Waals surface area contributed by atoms with Crippen molar-refractivity contribution in [3.63, 3.8) is 0 Å². The van der Waals surface area contributed by atoms with Gasteiger partial charge in [-0.25, -0.2) is 4.98 Å². The fraction of sp³-hybridized carbons (Fsp3) is 0.217. The van der Waals surface area contributed by atoms with Gasteiger partial charge in [0.2, 0.25) is 5.69 Å². The van der Waals surface area contributed by atoms with Crippen LogP contribution >= 0.6 is 11.8 Å². The fourth-order valence-electron chi connectivity index (χ4n) is 3.77. The van der Waals surface area contributed by atoms with Crippen molar-refractivity contribution in [3.8, 4) is 17.0 Å². The predicted octanol–water partition coefficient (Wildman–Crippen LogP) is 0.618. The highest BCUT2D eigenvalue weighted by molar-refractivity contribution is 7.98. The van der Waals surface area contributed by atoms with E-state index >= 15 is 0 Å². The van der Waals surface area contributed by atoms with Crippen molar-refractivity contribution in [2.45, 2.75) is 25.0 Å². The number of aliphatic carboxylic acids is 1. The number of carboxylic acids is 1. The second kappa shape index (κ2) is 8.88. The van der Waals surface area contributed by atoms with Crippen molar-refractivity contribution >= 4 is 23.6 Å². The molecule has 3 heterocycles. The Kier molecular flexibility index (Phi) is 6.00. The summed E-state index contributed by atoms with van der Waals surface area (Å²) in [6, 6.07) is 11.8. The van der Waals surface area contributed by atoms with Gasteiger partial charge in [-0.05, 0) is 24.6 Å². The number of amides is 1. The lowest BCUT2D eigenvalue weighted by molar-refractivity contribution is -0.365. The second-order valence-electron chi connectivity index (χ2n) is 7.51. The number of nitrogens with zero attached hydrogens (tertiary/aromatic N) is 1. The molecule has 0 saturated carbocycles. The molecule has 32 heavy (non-hydrogen) atoms. The molecule has 0 atom stereocenters. The van der Waals surface area contributed by atoms with Gasteiger partial charge in [-0.2, -0.15) is 11.8 Å². The van der Waals surface area contributed by atoms with E-state index in [0.717, 1.165) is 22.4 Å². The van der Waals surface area contributed by atoms with Gasteiger partial charge in [0, 0.05) is 40.0 Å². The molecule has 0 aliphatic carbocycles. The van der Waals surface area contributed by atoms with Crippen LogP contribution in [-0.2, 0) is 22.8 Å². The molecule has 1 aromatic carbocycles. The molecule has 1 aliphatic heterocycles. The minimum Gasteiger partial charge on any atom is -0.548 e. The van der Waals surface area contributed by atoms with Gasteiger partial charge >= 0.3 is 0 Å². The van der Waals surface area contributed by atoms with Crippen molar-refractivity contribution in [2.24, 2.45) is 0 Å².